The summed E-state index contributed by atoms with van der Waals surface area (Å²) < 4.78 is 1.40. The van der Waals surface area contributed by atoms with E-state index < -0.39 is 5.60 Å². The molecule has 3 rings (SSSR count). The van der Waals surface area contributed by atoms with Crippen LogP contribution in [0.4, 0.5) is 5.69 Å². The van der Waals surface area contributed by atoms with Crippen LogP contribution in [0, 0.1) is 0 Å². The molecule has 1 saturated heterocycles. The number of aliphatic imine (C=N–C) groups is 1. The Balaban J connectivity index is 1.89. The summed E-state index contributed by atoms with van der Waals surface area (Å²) in [5.74, 6) is 0. The first kappa shape index (κ1) is 20.2. The van der Waals surface area contributed by atoms with Gasteiger partial charge in [0.05, 0.1) is 24.2 Å². The SMILES string of the molecule is CN=C(c1ccc(CN)cc1)c1ncn(CC2(O)CCN(C)CC2)c(=O)c1N. The molecule has 0 aliphatic carbocycles. The maximum Gasteiger partial charge on any atom is 0.277 e. The summed E-state index contributed by atoms with van der Waals surface area (Å²) in [6.07, 6.45) is 2.66. The molecule has 0 atom stereocenters. The normalized spacial score (nSPS) is 17.6. The highest BCUT2D eigenvalue weighted by atomic mass is 16.3. The molecule has 2 aromatic rings. The van der Waals surface area contributed by atoms with Crippen molar-refractivity contribution in [1.82, 2.24) is 14.5 Å². The van der Waals surface area contributed by atoms with E-state index in [1.54, 1.807) is 7.05 Å². The van der Waals surface area contributed by atoms with Crippen molar-refractivity contribution < 1.29 is 5.11 Å². The van der Waals surface area contributed by atoms with Crippen LogP contribution in [-0.2, 0) is 13.1 Å². The van der Waals surface area contributed by atoms with Gasteiger partial charge in [-0.2, -0.15) is 0 Å². The molecule has 8 heteroatoms. The van der Waals surface area contributed by atoms with Crippen LogP contribution in [0.25, 0.3) is 0 Å². The second-order valence-electron chi connectivity index (χ2n) is 7.44. The highest BCUT2D eigenvalue weighted by Crippen LogP contribution is 2.23. The van der Waals surface area contributed by atoms with Crippen LogP contribution in [0.1, 0.15) is 29.7 Å². The van der Waals surface area contributed by atoms with Crippen LogP contribution in [0.5, 0.6) is 0 Å². The van der Waals surface area contributed by atoms with Gasteiger partial charge < -0.3 is 21.5 Å². The summed E-state index contributed by atoms with van der Waals surface area (Å²) >= 11 is 0. The number of anilines is 1. The van der Waals surface area contributed by atoms with Crippen molar-refractivity contribution in [3.05, 3.63) is 57.8 Å². The molecule has 0 saturated carbocycles. The Morgan fingerprint density at radius 3 is 2.50 bits per heavy atom. The molecular formula is C20H28N6O2. The van der Waals surface area contributed by atoms with E-state index in [0.29, 0.717) is 30.8 Å². The van der Waals surface area contributed by atoms with Crippen LogP contribution in [-0.4, -0.2) is 58.1 Å². The number of nitrogens with zero attached hydrogens (tertiary/aromatic N) is 4. The topological polar surface area (TPSA) is 123 Å². The number of aromatic nitrogens is 2. The minimum Gasteiger partial charge on any atom is -0.392 e. The fourth-order valence-corrected chi connectivity index (χ4v) is 3.49. The highest BCUT2D eigenvalue weighted by molar-refractivity contribution is 6.14. The monoisotopic (exact) mass is 384 g/mol. The molecule has 0 bridgehead atoms. The van der Waals surface area contributed by atoms with Crippen molar-refractivity contribution in [2.75, 3.05) is 32.9 Å². The van der Waals surface area contributed by atoms with Crippen molar-refractivity contribution in [3.8, 4) is 0 Å². The summed E-state index contributed by atoms with van der Waals surface area (Å²) in [5.41, 5.74) is 13.2. The Bertz CT molecular complexity index is 911. The summed E-state index contributed by atoms with van der Waals surface area (Å²) in [6, 6.07) is 7.60. The quantitative estimate of drug-likeness (QED) is 0.633. The third kappa shape index (κ3) is 4.14. The minimum atomic E-state index is -0.925. The van der Waals surface area contributed by atoms with Gasteiger partial charge in [-0.05, 0) is 25.5 Å². The van der Waals surface area contributed by atoms with E-state index in [1.807, 2.05) is 31.3 Å². The molecular weight excluding hydrogens is 356 g/mol. The van der Waals surface area contributed by atoms with Crippen molar-refractivity contribution in [2.45, 2.75) is 31.5 Å². The molecule has 28 heavy (non-hydrogen) atoms. The summed E-state index contributed by atoms with van der Waals surface area (Å²) in [6.45, 7) is 2.21. The first-order chi connectivity index (χ1) is 13.4. The Morgan fingerprint density at radius 2 is 1.93 bits per heavy atom. The molecule has 1 aromatic heterocycles. The zero-order valence-corrected chi connectivity index (χ0v) is 16.4. The van der Waals surface area contributed by atoms with Crippen molar-refractivity contribution in [3.63, 3.8) is 0 Å². The fourth-order valence-electron chi connectivity index (χ4n) is 3.49. The number of nitrogens with two attached hydrogens (primary N) is 2. The Morgan fingerprint density at radius 1 is 1.29 bits per heavy atom. The lowest BCUT2D eigenvalue weighted by atomic mass is 9.91. The number of nitrogen functional groups attached to an aromatic ring is 1. The van der Waals surface area contributed by atoms with Gasteiger partial charge in [0.15, 0.2) is 0 Å². The Hall–Kier alpha value is -2.55. The number of benzene rings is 1. The van der Waals surface area contributed by atoms with Gasteiger partial charge in [-0.25, -0.2) is 4.98 Å². The van der Waals surface area contributed by atoms with Crippen LogP contribution < -0.4 is 17.0 Å². The second-order valence-corrected chi connectivity index (χ2v) is 7.44. The van der Waals surface area contributed by atoms with Crippen molar-refractivity contribution in [2.24, 2.45) is 10.7 Å². The maximum absolute atomic E-state index is 12.8. The molecule has 1 aromatic carbocycles. The summed E-state index contributed by atoms with van der Waals surface area (Å²) in [5, 5.41) is 10.8. The number of piperidine rings is 1. The summed E-state index contributed by atoms with van der Waals surface area (Å²) in [4.78, 5) is 23.7. The number of hydrogen-bond donors (Lipinski definition) is 3. The van der Waals surface area contributed by atoms with Gasteiger partial charge in [0.25, 0.3) is 5.56 Å². The molecule has 0 amide bonds. The number of aliphatic hydroxyl groups is 1. The molecule has 1 fully saturated rings. The van der Waals surface area contributed by atoms with E-state index in [1.165, 1.54) is 10.9 Å². The van der Waals surface area contributed by atoms with Gasteiger partial charge in [0.2, 0.25) is 0 Å². The molecule has 5 N–H and O–H groups in total. The Labute approximate surface area is 164 Å². The lowest BCUT2D eigenvalue weighted by Crippen LogP contribution is -2.47. The molecule has 1 aliphatic heterocycles. The van der Waals surface area contributed by atoms with Gasteiger partial charge in [0, 0.05) is 32.2 Å². The van der Waals surface area contributed by atoms with Gasteiger partial charge in [-0.15, -0.1) is 0 Å². The van der Waals surface area contributed by atoms with Gasteiger partial charge in [-0.1, -0.05) is 24.3 Å². The minimum absolute atomic E-state index is 0.0301. The average molecular weight is 384 g/mol. The molecule has 0 radical (unpaired) electrons. The molecule has 1 aliphatic rings. The Kier molecular flexibility index (Phi) is 5.93. The first-order valence-electron chi connectivity index (χ1n) is 9.39. The second kappa shape index (κ2) is 8.22. The molecule has 0 spiro atoms. The zero-order valence-electron chi connectivity index (χ0n) is 16.4. The van der Waals surface area contributed by atoms with Crippen LogP contribution in [0.3, 0.4) is 0 Å². The zero-order chi connectivity index (χ0) is 20.3. The first-order valence-corrected chi connectivity index (χ1v) is 9.39. The van der Waals surface area contributed by atoms with Crippen LogP contribution in [0.2, 0.25) is 0 Å². The molecule has 0 unspecified atom stereocenters. The predicted molar refractivity (Wildman–Crippen MR) is 110 cm³/mol. The lowest BCUT2D eigenvalue weighted by molar-refractivity contribution is -0.0299. The molecule has 2 heterocycles. The maximum atomic E-state index is 12.8. The fraction of sp³-hybridized carbons (Fsp3) is 0.450. The number of rotatable bonds is 5. The van der Waals surface area contributed by atoms with E-state index in [4.69, 9.17) is 11.5 Å². The van der Waals surface area contributed by atoms with E-state index in [0.717, 1.165) is 24.2 Å². The number of hydrogen-bond acceptors (Lipinski definition) is 7. The smallest absolute Gasteiger partial charge is 0.277 e. The third-order valence-corrected chi connectivity index (χ3v) is 5.37. The van der Waals surface area contributed by atoms with E-state index in [9.17, 15) is 9.90 Å². The number of likely N-dealkylation sites (tertiary alicyclic amines) is 1. The van der Waals surface area contributed by atoms with E-state index in [-0.39, 0.29) is 17.8 Å². The van der Waals surface area contributed by atoms with Crippen LogP contribution in [0.15, 0.2) is 40.4 Å². The van der Waals surface area contributed by atoms with Gasteiger partial charge in [-0.3, -0.25) is 14.4 Å². The average Bonchev–Trinajstić information content (AvgIpc) is 2.71. The third-order valence-electron chi connectivity index (χ3n) is 5.37. The standard InChI is InChI=1S/C20H28N6O2/c1-23-17(15-5-3-14(11-21)4-6-15)18-16(22)19(27)26(13-24-18)12-20(28)7-9-25(2)10-8-20/h3-6,13,28H,7-12,21-22H2,1-2H3. The van der Waals surface area contributed by atoms with Crippen LogP contribution >= 0.6 is 0 Å². The van der Waals surface area contributed by atoms with Crippen molar-refractivity contribution >= 4 is 11.4 Å². The highest BCUT2D eigenvalue weighted by Gasteiger charge is 2.32. The van der Waals surface area contributed by atoms with Crippen molar-refractivity contribution in [1.29, 1.82) is 0 Å². The van der Waals surface area contributed by atoms with E-state index in [2.05, 4.69) is 14.9 Å². The van der Waals surface area contributed by atoms with Gasteiger partial charge in [0.1, 0.15) is 11.4 Å². The summed E-state index contributed by atoms with van der Waals surface area (Å²) in [7, 11) is 3.66. The molecule has 8 nitrogen and oxygen atoms in total. The van der Waals surface area contributed by atoms with E-state index >= 15 is 0 Å². The lowest BCUT2D eigenvalue weighted by Gasteiger charge is -2.36. The largest absolute Gasteiger partial charge is 0.392 e. The molecule has 150 valence electrons. The predicted octanol–water partition coefficient (Wildman–Crippen LogP) is 0.208. The van der Waals surface area contributed by atoms with Gasteiger partial charge >= 0.3 is 0 Å².